The van der Waals surface area contributed by atoms with E-state index in [1.54, 1.807) is 13.0 Å². The highest BCUT2D eigenvalue weighted by atomic mass is 16.1. The molecule has 2 aromatic rings. The second kappa shape index (κ2) is 5.51. The number of hydrogen-bond acceptors (Lipinski definition) is 4. The lowest BCUT2D eigenvalue weighted by molar-refractivity contribution is 0.102. The highest BCUT2D eigenvalue weighted by molar-refractivity contribution is 6.04. The van der Waals surface area contributed by atoms with Crippen LogP contribution in [0.1, 0.15) is 35.1 Å². The minimum Gasteiger partial charge on any atom is -0.397 e. The first-order chi connectivity index (χ1) is 9.10. The summed E-state index contributed by atoms with van der Waals surface area (Å²) >= 11 is 0. The third-order valence-corrected chi connectivity index (χ3v) is 2.74. The molecule has 1 amide bonds. The predicted octanol–water partition coefficient (Wildman–Crippen LogP) is 1.90. The molecule has 2 rings (SSSR count). The van der Waals surface area contributed by atoms with Crippen molar-refractivity contribution in [2.45, 2.75) is 26.7 Å². The number of carbonyl (C=O) groups excluding carboxylic acids is 1. The highest BCUT2D eigenvalue weighted by Crippen LogP contribution is 2.13. The zero-order valence-corrected chi connectivity index (χ0v) is 11.0. The Hall–Kier alpha value is -2.37. The number of aromatic amines is 1. The van der Waals surface area contributed by atoms with Crippen molar-refractivity contribution in [1.82, 2.24) is 15.2 Å². The van der Waals surface area contributed by atoms with Crippen LogP contribution in [0, 0.1) is 6.92 Å². The van der Waals surface area contributed by atoms with Gasteiger partial charge in [0.1, 0.15) is 0 Å². The Morgan fingerprint density at radius 2 is 2.26 bits per heavy atom. The Morgan fingerprint density at radius 1 is 1.47 bits per heavy atom. The zero-order valence-electron chi connectivity index (χ0n) is 11.0. The van der Waals surface area contributed by atoms with Gasteiger partial charge in [-0.3, -0.25) is 14.9 Å². The van der Waals surface area contributed by atoms with Crippen LogP contribution < -0.4 is 11.1 Å². The second-order valence-corrected chi connectivity index (χ2v) is 4.38. The third kappa shape index (κ3) is 3.09. The van der Waals surface area contributed by atoms with Crippen LogP contribution in [0.15, 0.2) is 18.3 Å². The monoisotopic (exact) mass is 259 g/mol. The summed E-state index contributed by atoms with van der Waals surface area (Å²) in [6.07, 6.45) is 3.45. The molecule has 0 fully saturated rings. The van der Waals surface area contributed by atoms with Crippen LogP contribution in [0.25, 0.3) is 0 Å². The molecule has 100 valence electrons. The van der Waals surface area contributed by atoms with Crippen molar-refractivity contribution in [2.75, 3.05) is 11.1 Å². The molecule has 0 saturated heterocycles. The largest absolute Gasteiger partial charge is 0.397 e. The van der Waals surface area contributed by atoms with Gasteiger partial charge in [-0.1, -0.05) is 13.3 Å². The molecule has 19 heavy (non-hydrogen) atoms. The number of nitrogens with two attached hydrogens (primary N) is 1. The number of aryl methyl sites for hydroxylation is 2. The van der Waals surface area contributed by atoms with E-state index >= 15 is 0 Å². The van der Waals surface area contributed by atoms with Crippen molar-refractivity contribution in [3.63, 3.8) is 0 Å². The molecule has 0 aliphatic carbocycles. The van der Waals surface area contributed by atoms with Crippen LogP contribution in [-0.2, 0) is 6.42 Å². The number of aromatic nitrogens is 3. The van der Waals surface area contributed by atoms with E-state index in [0.717, 1.165) is 18.5 Å². The van der Waals surface area contributed by atoms with Gasteiger partial charge in [-0.15, -0.1) is 0 Å². The van der Waals surface area contributed by atoms with Crippen LogP contribution in [0.5, 0.6) is 0 Å². The first kappa shape index (κ1) is 13.1. The summed E-state index contributed by atoms with van der Waals surface area (Å²) in [6.45, 7) is 3.85. The van der Waals surface area contributed by atoms with Gasteiger partial charge >= 0.3 is 0 Å². The number of anilines is 2. The SMILES string of the molecule is CCCc1cc(NC(=O)c2cc(N)cnc2C)n[nH]1. The number of nitrogens with one attached hydrogen (secondary N) is 2. The molecular formula is C13H17N5O. The van der Waals surface area contributed by atoms with E-state index in [0.29, 0.717) is 22.8 Å². The summed E-state index contributed by atoms with van der Waals surface area (Å²) in [4.78, 5) is 16.2. The van der Waals surface area contributed by atoms with E-state index in [-0.39, 0.29) is 5.91 Å². The first-order valence-electron chi connectivity index (χ1n) is 6.18. The van der Waals surface area contributed by atoms with Gasteiger partial charge in [-0.25, -0.2) is 0 Å². The topological polar surface area (TPSA) is 96.7 Å². The summed E-state index contributed by atoms with van der Waals surface area (Å²) in [5, 5.41) is 9.66. The molecule has 0 aliphatic heterocycles. The van der Waals surface area contributed by atoms with Crippen molar-refractivity contribution < 1.29 is 4.79 Å². The van der Waals surface area contributed by atoms with Crippen LogP contribution in [0.2, 0.25) is 0 Å². The molecule has 0 saturated carbocycles. The quantitative estimate of drug-likeness (QED) is 0.781. The summed E-state index contributed by atoms with van der Waals surface area (Å²) < 4.78 is 0. The van der Waals surface area contributed by atoms with Crippen molar-refractivity contribution in [1.29, 1.82) is 0 Å². The highest BCUT2D eigenvalue weighted by Gasteiger charge is 2.12. The van der Waals surface area contributed by atoms with E-state index in [4.69, 9.17) is 5.73 Å². The number of hydrogen-bond donors (Lipinski definition) is 3. The normalized spacial score (nSPS) is 10.4. The Bertz CT molecular complexity index is 590. The molecule has 2 aromatic heterocycles. The number of nitrogen functional groups attached to an aromatic ring is 1. The summed E-state index contributed by atoms with van der Waals surface area (Å²) in [5.74, 6) is 0.252. The van der Waals surface area contributed by atoms with Gasteiger partial charge in [-0.05, 0) is 19.4 Å². The smallest absolute Gasteiger partial charge is 0.258 e. The molecule has 0 spiro atoms. The average molecular weight is 259 g/mol. The second-order valence-electron chi connectivity index (χ2n) is 4.38. The molecule has 0 bridgehead atoms. The van der Waals surface area contributed by atoms with E-state index in [2.05, 4.69) is 27.4 Å². The van der Waals surface area contributed by atoms with E-state index in [9.17, 15) is 4.79 Å². The fourth-order valence-electron chi connectivity index (χ4n) is 1.79. The van der Waals surface area contributed by atoms with Crippen LogP contribution >= 0.6 is 0 Å². The van der Waals surface area contributed by atoms with Gasteiger partial charge < -0.3 is 11.1 Å². The molecule has 6 heteroatoms. The zero-order chi connectivity index (χ0) is 13.8. The standard InChI is InChI=1S/C13H17N5O/c1-3-4-10-6-12(18-17-10)16-13(19)11-5-9(14)7-15-8(11)2/h5-7H,3-4,14H2,1-2H3,(H2,16,17,18,19). The van der Waals surface area contributed by atoms with Gasteiger partial charge in [-0.2, -0.15) is 5.10 Å². The summed E-state index contributed by atoms with van der Waals surface area (Å²) in [5.41, 5.74) is 8.19. The minimum atomic E-state index is -0.258. The average Bonchev–Trinajstić information content (AvgIpc) is 2.80. The fraction of sp³-hybridized carbons (Fsp3) is 0.308. The number of H-pyrrole nitrogens is 1. The van der Waals surface area contributed by atoms with Crippen LogP contribution in [0.3, 0.4) is 0 Å². The molecular weight excluding hydrogens is 242 g/mol. The molecule has 0 unspecified atom stereocenters. The maximum absolute atomic E-state index is 12.1. The Balaban J connectivity index is 2.13. The van der Waals surface area contributed by atoms with Gasteiger partial charge in [0.25, 0.3) is 5.91 Å². The van der Waals surface area contributed by atoms with Gasteiger partial charge in [0, 0.05) is 11.8 Å². The molecule has 0 aromatic carbocycles. The van der Waals surface area contributed by atoms with E-state index in [1.807, 2.05) is 6.07 Å². The third-order valence-electron chi connectivity index (χ3n) is 2.74. The Labute approximate surface area is 111 Å². The number of pyridine rings is 1. The van der Waals surface area contributed by atoms with E-state index in [1.165, 1.54) is 6.20 Å². The van der Waals surface area contributed by atoms with Crippen LogP contribution in [-0.4, -0.2) is 21.1 Å². The Kier molecular flexibility index (Phi) is 3.79. The number of nitrogens with zero attached hydrogens (tertiary/aromatic N) is 2. The first-order valence-corrected chi connectivity index (χ1v) is 6.18. The van der Waals surface area contributed by atoms with Crippen molar-refractivity contribution in [3.05, 3.63) is 35.3 Å². The van der Waals surface area contributed by atoms with Crippen molar-refractivity contribution in [3.8, 4) is 0 Å². The van der Waals surface area contributed by atoms with Gasteiger partial charge in [0.15, 0.2) is 5.82 Å². The van der Waals surface area contributed by atoms with E-state index < -0.39 is 0 Å². The molecule has 4 N–H and O–H groups in total. The van der Waals surface area contributed by atoms with Crippen LogP contribution in [0.4, 0.5) is 11.5 Å². The number of rotatable bonds is 4. The maximum Gasteiger partial charge on any atom is 0.258 e. The minimum absolute atomic E-state index is 0.258. The lowest BCUT2D eigenvalue weighted by Crippen LogP contribution is -2.14. The van der Waals surface area contributed by atoms with Crippen molar-refractivity contribution in [2.24, 2.45) is 0 Å². The fourth-order valence-corrected chi connectivity index (χ4v) is 1.79. The maximum atomic E-state index is 12.1. The summed E-state index contributed by atoms with van der Waals surface area (Å²) in [6, 6.07) is 3.44. The van der Waals surface area contributed by atoms with Gasteiger partial charge in [0.05, 0.1) is 23.1 Å². The number of carbonyl (C=O) groups is 1. The molecule has 2 heterocycles. The molecule has 0 atom stereocenters. The lowest BCUT2D eigenvalue weighted by Gasteiger charge is -2.05. The number of amides is 1. The van der Waals surface area contributed by atoms with Crippen molar-refractivity contribution >= 4 is 17.4 Å². The lowest BCUT2D eigenvalue weighted by atomic mass is 10.2. The molecule has 6 nitrogen and oxygen atoms in total. The van der Waals surface area contributed by atoms with Gasteiger partial charge in [0.2, 0.25) is 0 Å². The summed E-state index contributed by atoms with van der Waals surface area (Å²) in [7, 11) is 0. The molecule has 0 aliphatic rings. The molecule has 0 radical (unpaired) electrons. The predicted molar refractivity (Wildman–Crippen MR) is 73.9 cm³/mol. The Morgan fingerprint density at radius 3 is 3.00 bits per heavy atom.